The maximum absolute atomic E-state index is 12.5. The summed E-state index contributed by atoms with van der Waals surface area (Å²) in [4.78, 5) is 18.3. The number of nitrogens with one attached hydrogen (secondary N) is 2. The van der Waals surface area contributed by atoms with Crippen molar-refractivity contribution in [1.29, 1.82) is 0 Å². The van der Waals surface area contributed by atoms with E-state index in [1.165, 1.54) is 49.8 Å². The summed E-state index contributed by atoms with van der Waals surface area (Å²) in [5, 5.41) is 19.5. The molecule has 134 valence electrons. The normalized spacial score (nSPS) is 22.1. The Balaban J connectivity index is 1.36. The van der Waals surface area contributed by atoms with Gasteiger partial charge in [0.1, 0.15) is 17.4 Å². The first-order valence-corrected chi connectivity index (χ1v) is 9.47. The molecule has 2 aromatic heterocycles. The van der Waals surface area contributed by atoms with Crippen LogP contribution in [0.15, 0.2) is 6.33 Å². The average Bonchev–Trinajstić information content (AvgIpc) is 3.35. The molecule has 0 aromatic carbocycles. The highest BCUT2D eigenvalue weighted by atomic mass is 32.1. The van der Waals surface area contributed by atoms with Gasteiger partial charge in [-0.2, -0.15) is 5.10 Å². The van der Waals surface area contributed by atoms with E-state index >= 15 is 0 Å². The van der Waals surface area contributed by atoms with E-state index in [0.717, 1.165) is 5.01 Å². The fourth-order valence-corrected chi connectivity index (χ4v) is 4.24. The van der Waals surface area contributed by atoms with Crippen molar-refractivity contribution >= 4 is 22.5 Å². The number of hydrogen-bond donors (Lipinski definition) is 2. The number of aromatic amines is 1. The molecule has 2 amide bonds. The van der Waals surface area contributed by atoms with Gasteiger partial charge in [-0.15, -0.1) is 10.2 Å². The Bertz CT molecular complexity index is 699. The molecule has 1 unspecified atom stereocenters. The molecule has 0 bridgehead atoms. The van der Waals surface area contributed by atoms with Gasteiger partial charge in [-0.1, -0.05) is 30.6 Å². The summed E-state index contributed by atoms with van der Waals surface area (Å²) in [6.07, 6.45) is 7.31. The van der Waals surface area contributed by atoms with E-state index in [4.69, 9.17) is 4.74 Å². The van der Waals surface area contributed by atoms with Crippen molar-refractivity contribution in [3.05, 3.63) is 17.2 Å². The highest BCUT2D eigenvalue weighted by Crippen LogP contribution is 2.35. The van der Waals surface area contributed by atoms with Gasteiger partial charge in [0.15, 0.2) is 5.82 Å². The summed E-state index contributed by atoms with van der Waals surface area (Å²) in [6.45, 7) is 1.42. The molecule has 2 fully saturated rings. The molecule has 1 atom stereocenters. The minimum Gasteiger partial charge on any atom is -0.367 e. The third-order valence-corrected chi connectivity index (χ3v) is 5.70. The molecule has 1 saturated carbocycles. The zero-order valence-corrected chi connectivity index (χ0v) is 14.7. The molecule has 1 saturated heterocycles. The summed E-state index contributed by atoms with van der Waals surface area (Å²) >= 11 is 1.49. The molecule has 2 aliphatic rings. The van der Waals surface area contributed by atoms with Gasteiger partial charge in [-0.3, -0.25) is 10.4 Å². The summed E-state index contributed by atoms with van der Waals surface area (Å²) in [5.74, 6) is 1.13. The molecular formula is C15H21N7O2S. The van der Waals surface area contributed by atoms with Crippen molar-refractivity contribution in [3.8, 4) is 0 Å². The first kappa shape index (κ1) is 16.4. The highest BCUT2D eigenvalue weighted by Gasteiger charge is 2.28. The number of morpholine rings is 1. The lowest BCUT2D eigenvalue weighted by Gasteiger charge is -2.31. The zero-order chi connectivity index (χ0) is 17.1. The maximum atomic E-state index is 12.5. The van der Waals surface area contributed by atoms with E-state index in [1.54, 1.807) is 4.90 Å². The van der Waals surface area contributed by atoms with Gasteiger partial charge >= 0.3 is 6.03 Å². The Labute approximate surface area is 149 Å². The molecule has 4 rings (SSSR count). The fraction of sp³-hybridized carbons (Fsp3) is 0.667. The van der Waals surface area contributed by atoms with Crippen LogP contribution in [0.25, 0.3) is 0 Å². The van der Waals surface area contributed by atoms with Crippen LogP contribution >= 0.6 is 11.3 Å². The summed E-state index contributed by atoms with van der Waals surface area (Å²) < 4.78 is 5.66. The molecule has 0 radical (unpaired) electrons. The Hall–Kier alpha value is -2.07. The number of anilines is 1. The SMILES string of the molecule is O=C(Nc1nnc(C2CCCCC2)s1)N1CCOC(c2ncn[nH]2)C1. The molecular weight excluding hydrogens is 342 g/mol. The fourth-order valence-electron chi connectivity index (χ4n) is 3.34. The van der Waals surface area contributed by atoms with Crippen LogP contribution in [0, 0.1) is 0 Å². The van der Waals surface area contributed by atoms with Crippen LogP contribution in [0.1, 0.15) is 55.0 Å². The molecule has 25 heavy (non-hydrogen) atoms. The number of carbonyl (C=O) groups excluding carboxylic acids is 1. The van der Waals surface area contributed by atoms with Crippen LogP contribution in [-0.2, 0) is 4.74 Å². The maximum Gasteiger partial charge on any atom is 0.323 e. The number of ether oxygens (including phenoxy) is 1. The number of aromatic nitrogens is 5. The lowest BCUT2D eigenvalue weighted by Crippen LogP contribution is -2.44. The van der Waals surface area contributed by atoms with Gasteiger partial charge < -0.3 is 9.64 Å². The van der Waals surface area contributed by atoms with Crippen LogP contribution in [0.2, 0.25) is 0 Å². The Morgan fingerprint density at radius 3 is 3.00 bits per heavy atom. The van der Waals surface area contributed by atoms with Crippen molar-refractivity contribution in [2.45, 2.75) is 44.1 Å². The third kappa shape index (κ3) is 3.79. The van der Waals surface area contributed by atoms with Crippen LogP contribution in [0.4, 0.5) is 9.93 Å². The second kappa shape index (κ2) is 7.44. The summed E-state index contributed by atoms with van der Waals surface area (Å²) in [6, 6.07) is -0.181. The quantitative estimate of drug-likeness (QED) is 0.866. The van der Waals surface area contributed by atoms with Gasteiger partial charge in [0.2, 0.25) is 5.13 Å². The van der Waals surface area contributed by atoms with Gasteiger partial charge in [0.05, 0.1) is 13.2 Å². The van der Waals surface area contributed by atoms with Crippen LogP contribution in [-0.4, -0.2) is 56.0 Å². The van der Waals surface area contributed by atoms with Gasteiger partial charge in [0.25, 0.3) is 0 Å². The first-order valence-electron chi connectivity index (χ1n) is 8.66. The Morgan fingerprint density at radius 2 is 2.20 bits per heavy atom. The number of carbonyl (C=O) groups is 1. The van der Waals surface area contributed by atoms with Crippen LogP contribution in [0.5, 0.6) is 0 Å². The number of nitrogens with zero attached hydrogens (tertiary/aromatic N) is 5. The van der Waals surface area contributed by atoms with Gasteiger partial charge in [-0.25, -0.2) is 9.78 Å². The number of urea groups is 1. The monoisotopic (exact) mass is 363 g/mol. The average molecular weight is 363 g/mol. The third-order valence-electron chi connectivity index (χ3n) is 4.70. The molecule has 10 heteroatoms. The second-order valence-electron chi connectivity index (χ2n) is 6.39. The molecule has 9 nitrogen and oxygen atoms in total. The number of rotatable bonds is 3. The lowest BCUT2D eigenvalue weighted by molar-refractivity contribution is -0.0179. The minimum absolute atomic E-state index is 0.181. The van der Waals surface area contributed by atoms with E-state index in [2.05, 4.69) is 30.7 Å². The summed E-state index contributed by atoms with van der Waals surface area (Å²) in [7, 11) is 0. The molecule has 1 aliphatic carbocycles. The van der Waals surface area contributed by atoms with E-state index in [1.807, 2.05) is 0 Å². The number of hydrogen-bond acceptors (Lipinski definition) is 7. The first-order chi connectivity index (χ1) is 12.3. The minimum atomic E-state index is -0.283. The van der Waals surface area contributed by atoms with Gasteiger partial charge in [-0.05, 0) is 12.8 Å². The van der Waals surface area contributed by atoms with E-state index in [0.29, 0.717) is 36.6 Å². The molecule has 2 N–H and O–H groups in total. The summed E-state index contributed by atoms with van der Waals surface area (Å²) in [5.41, 5.74) is 0. The molecule has 1 aliphatic heterocycles. The van der Waals surface area contributed by atoms with E-state index < -0.39 is 0 Å². The lowest BCUT2D eigenvalue weighted by atomic mass is 9.90. The van der Waals surface area contributed by atoms with Crippen LogP contribution in [0.3, 0.4) is 0 Å². The van der Waals surface area contributed by atoms with Gasteiger partial charge in [0, 0.05) is 12.5 Å². The van der Waals surface area contributed by atoms with Crippen LogP contribution < -0.4 is 5.32 Å². The molecule has 2 aromatic rings. The van der Waals surface area contributed by atoms with E-state index in [-0.39, 0.29) is 12.1 Å². The van der Waals surface area contributed by atoms with Crippen molar-refractivity contribution < 1.29 is 9.53 Å². The largest absolute Gasteiger partial charge is 0.367 e. The smallest absolute Gasteiger partial charge is 0.323 e. The van der Waals surface area contributed by atoms with Crippen molar-refractivity contribution in [2.24, 2.45) is 0 Å². The highest BCUT2D eigenvalue weighted by molar-refractivity contribution is 7.15. The Kier molecular flexibility index (Phi) is 4.88. The predicted molar refractivity (Wildman–Crippen MR) is 91.4 cm³/mol. The topological polar surface area (TPSA) is 109 Å². The molecule has 3 heterocycles. The second-order valence-corrected chi connectivity index (χ2v) is 7.40. The van der Waals surface area contributed by atoms with Crippen molar-refractivity contribution in [1.82, 2.24) is 30.3 Å². The number of H-pyrrole nitrogens is 1. The Morgan fingerprint density at radius 1 is 1.32 bits per heavy atom. The van der Waals surface area contributed by atoms with E-state index in [9.17, 15) is 4.79 Å². The number of amides is 2. The zero-order valence-electron chi connectivity index (χ0n) is 13.8. The van der Waals surface area contributed by atoms with Crippen molar-refractivity contribution in [2.75, 3.05) is 25.0 Å². The van der Waals surface area contributed by atoms with Crippen molar-refractivity contribution in [3.63, 3.8) is 0 Å². The predicted octanol–water partition coefficient (Wildman–Crippen LogP) is 2.31. The standard InChI is InChI=1S/C15H21N7O2S/c23-15(22-6-7-24-11(8-22)12-16-9-17-19-12)18-14-21-20-13(25-14)10-4-2-1-3-5-10/h9-11H,1-8H2,(H,16,17,19)(H,18,21,23). The molecule has 0 spiro atoms.